The molecule has 152 valence electrons. The van der Waals surface area contributed by atoms with Gasteiger partial charge in [0.2, 0.25) is 15.2 Å². The van der Waals surface area contributed by atoms with Gasteiger partial charge in [0.1, 0.15) is 5.01 Å². The number of hydrogen-bond donors (Lipinski definition) is 1. The summed E-state index contributed by atoms with van der Waals surface area (Å²) in [5.74, 6) is -0.415. The molecule has 0 aliphatic carbocycles. The number of amides is 1. The van der Waals surface area contributed by atoms with Gasteiger partial charge in [-0.25, -0.2) is 8.42 Å². The van der Waals surface area contributed by atoms with Crippen LogP contribution in [-0.2, 0) is 10.0 Å². The third kappa shape index (κ3) is 4.25. The van der Waals surface area contributed by atoms with Crippen LogP contribution >= 0.6 is 22.7 Å². The number of piperidine rings is 1. The lowest BCUT2D eigenvalue weighted by atomic mass is 10.1. The molecule has 3 heterocycles. The minimum Gasteiger partial charge on any atom is -0.296 e. The van der Waals surface area contributed by atoms with Crippen molar-refractivity contribution in [2.24, 2.45) is 0 Å². The first-order valence-electron chi connectivity index (χ1n) is 9.24. The number of carbonyl (C=O) groups is 1. The molecule has 1 aliphatic heterocycles. The highest BCUT2D eigenvalue weighted by molar-refractivity contribution is 7.89. The van der Waals surface area contributed by atoms with E-state index in [-0.39, 0.29) is 16.5 Å². The van der Waals surface area contributed by atoms with Crippen LogP contribution < -0.4 is 5.32 Å². The number of carbonyl (C=O) groups excluding carboxylic acids is 1. The molecule has 1 N–H and O–H groups in total. The lowest BCUT2D eigenvalue weighted by Gasteiger charge is -2.32. The summed E-state index contributed by atoms with van der Waals surface area (Å²) in [7, 11) is -3.64. The topological polar surface area (TPSA) is 92.3 Å². The Kier molecular flexibility index (Phi) is 5.77. The summed E-state index contributed by atoms with van der Waals surface area (Å²) >= 11 is 2.83. The van der Waals surface area contributed by atoms with Crippen LogP contribution in [0.3, 0.4) is 0 Å². The van der Waals surface area contributed by atoms with Gasteiger partial charge in [-0.1, -0.05) is 23.8 Å². The normalized spacial score (nSPS) is 17.9. The number of rotatable bonds is 5. The molecule has 0 saturated carbocycles. The predicted molar refractivity (Wildman–Crippen MR) is 115 cm³/mol. The van der Waals surface area contributed by atoms with Crippen LogP contribution in [0.1, 0.15) is 36.5 Å². The molecule has 1 amide bonds. The maximum atomic E-state index is 13.0. The minimum atomic E-state index is -3.64. The largest absolute Gasteiger partial charge is 0.296 e. The van der Waals surface area contributed by atoms with Crippen molar-refractivity contribution in [1.82, 2.24) is 14.5 Å². The number of thiophene rings is 1. The summed E-state index contributed by atoms with van der Waals surface area (Å²) in [6.45, 7) is 2.43. The summed E-state index contributed by atoms with van der Waals surface area (Å²) in [4.78, 5) is 12.8. The van der Waals surface area contributed by atoms with Crippen molar-refractivity contribution in [3.63, 3.8) is 0 Å². The number of aromatic nitrogens is 2. The fraction of sp³-hybridized carbons (Fsp3) is 0.316. The van der Waals surface area contributed by atoms with Crippen molar-refractivity contribution in [3.05, 3.63) is 46.7 Å². The van der Waals surface area contributed by atoms with Crippen molar-refractivity contribution in [2.75, 3.05) is 11.9 Å². The lowest BCUT2D eigenvalue weighted by molar-refractivity contribution is 0.102. The van der Waals surface area contributed by atoms with Crippen LogP contribution in [0.5, 0.6) is 0 Å². The van der Waals surface area contributed by atoms with Crippen LogP contribution in [0.15, 0.2) is 46.0 Å². The first-order valence-corrected chi connectivity index (χ1v) is 12.4. The van der Waals surface area contributed by atoms with Crippen molar-refractivity contribution >= 4 is 43.7 Å². The van der Waals surface area contributed by atoms with Gasteiger partial charge in [-0.15, -0.1) is 10.2 Å². The Hall–Kier alpha value is -2.14. The predicted octanol–water partition coefficient (Wildman–Crippen LogP) is 4.08. The first-order chi connectivity index (χ1) is 13.9. The van der Waals surface area contributed by atoms with Crippen LogP contribution in [0.25, 0.3) is 10.6 Å². The Morgan fingerprint density at radius 1 is 1.24 bits per heavy atom. The SMILES string of the molecule is CC1CCCCN1S(=O)(=O)c1cccc(C(=O)Nc2nnc(-c3ccsc3)s2)c1. The highest BCUT2D eigenvalue weighted by Gasteiger charge is 2.31. The second kappa shape index (κ2) is 8.31. The molecule has 0 bridgehead atoms. The number of hydrogen-bond acceptors (Lipinski definition) is 7. The third-order valence-electron chi connectivity index (χ3n) is 4.86. The molecule has 2 aromatic heterocycles. The molecule has 29 heavy (non-hydrogen) atoms. The smallest absolute Gasteiger partial charge is 0.257 e. The molecule has 1 atom stereocenters. The van der Waals surface area contributed by atoms with Gasteiger partial charge in [0.25, 0.3) is 5.91 Å². The zero-order valence-electron chi connectivity index (χ0n) is 15.7. The van der Waals surface area contributed by atoms with Crippen molar-refractivity contribution in [2.45, 2.75) is 37.1 Å². The number of sulfonamides is 1. The van der Waals surface area contributed by atoms with E-state index >= 15 is 0 Å². The summed E-state index contributed by atoms with van der Waals surface area (Å²) in [5, 5.41) is 15.8. The fourth-order valence-corrected chi connectivity index (χ4v) is 6.50. The van der Waals surface area contributed by atoms with E-state index in [9.17, 15) is 13.2 Å². The molecule has 1 saturated heterocycles. The molecule has 0 radical (unpaired) electrons. The molecular weight excluding hydrogens is 428 g/mol. The summed E-state index contributed by atoms with van der Waals surface area (Å²) in [6, 6.07) is 8.04. The van der Waals surface area contributed by atoms with Crippen molar-refractivity contribution < 1.29 is 13.2 Å². The highest BCUT2D eigenvalue weighted by atomic mass is 32.2. The van der Waals surface area contributed by atoms with Crippen LogP contribution in [0.2, 0.25) is 0 Å². The van der Waals surface area contributed by atoms with Gasteiger partial charge in [-0.3, -0.25) is 10.1 Å². The number of benzene rings is 1. The van der Waals surface area contributed by atoms with Gasteiger partial charge >= 0.3 is 0 Å². The summed E-state index contributed by atoms with van der Waals surface area (Å²) in [5.41, 5.74) is 1.22. The second-order valence-electron chi connectivity index (χ2n) is 6.87. The maximum Gasteiger partial charge on any atom is 0.257 e. The standard InChI is InChI=1S/C19H20N4O3S3/c1-13-5-2-3-9-23(13)29(25,26)16-7-4-6-14(11-16)17(24)20-19-22-21-18(28-19)15-8-10-27-12-15/h4,6-8,10-13H,2-3,5,9H2,1H3,(H,20,22,24). The van der Waals surface area contributed by atoms with Gasteiger partial charge in [-0.2, -0.15) is 15.6 Å². The van der Waals surface area contributed by atoms with Gasteiger partial charge in [0.05, 0.1) is 4.90 Å². The van der Waals surface area contributed by atoms with Gasteiger partial charge in [0.15, 0.2) is 0 Å². The zero-order chi connectivity index (χ0) is 20.4. The monoisotopic (exact) mass is 448 g/mol. The molecule has 1 aromatic carbocycles. The first kappa shape index (κ1) is 20.1. The highest BCUT2D eigenvalue weighted by Crippen LogP contribution is 2.29. The Balaban J connectivity index is 1.53. The van der Waals surface area contributed by atoms with E-state index in [1.54, 1.807) is 23.5 Å². The molecule has 0 spiro atoms. The Bertz CT molecular complexity index is 1110. The summed E-state index contributed by atoms with van der Waals surface area (Å²) < 4.78 is 27.6. The van der Waals surface area contributed by atoms with E-state index in [4.69, 9.17) is 0 Å². The average molecular weight is 449 g/mol. The molecule has 3 aromatic rings. The zero-order valence-corrected chi connectivity index (χ0v) is 18.2. The average Bonchev–Trinajstić information content (AvgIpc) is 3.40. The molecule has 7 nitrogen and oxygen atoms in total. The molecule has 10 heteroatoms. The van der Waals surface area contributed by atoms with Gasteiger partial charge in [-0.05, 0) is 49.4 Å². The van der Waals surface area contributed by atoms with E-state index in [1.165, 1.54) is 27.8 Å². The van der Waals surface area contributed by atoms with Crippen LogP contribution in [-0.4, -0.2) is 41.4 Å². The van der Waals surface area contributed by atoms with E-state index in [0.717, 1.165) is 29.8 Å². The van der Waals surface area contributed by atoms with E-state index < -0.39 is 15.9 Å². The lowest BCUT2D eigenvalue weighted by Crippen LogP contribution is -2.41. The number of anilines is 1. The fourth-order valence-electron chi connectivity index (χ4n) is 3.31. The Labute approximate surface area is 177 Å². The molecule has 4 rings (SSSR count). The van der Waals surface area contributed by atoms with E-state index in [2.05, 4.69) is 15.5 Å². The van der Waals surface area contributed by atoms with E-state index in [0.29, 0.717) is 11.7 Å². The van der Waals surface area contributed by atoms with Crippen LogP contribution in [0, 0.1) is 0 Å². The third-order valence-corrected chi connectivity index (χ3v) is 8.44. The van der Waals surface area contributed by atoms with Crippen LogP contribution in [0.4, 0.5) is 5.13 Å². The van der Waals surface area contributed by atoms with Crippen molar-refractivity contribution in [1.29, 1.82) is 0 Å². The molecule has 1 fully saturated rings. The second-order valence-corrected chi connectivity index (χ2v) is 10.5. The Morgan fingerprint density at radius 2 is 2.10 bits per heavy atom. The van der Waals surface area contributed by atoms with Crippen molar-refractivity contribution in [3.8, 4) is 10.6 Å². The maximum absolute atomic E-state index is 13.0. The Morgan fingerprint density at radius 3 is 2.86 bits per heavy atom. The van der Waals surface area contributed by atoms with E-state index in [1.807, 2.05) is 23.8 Å². The molecule has 1 unspecified atom stereocenters. The minimum absolute atomic E-state index is 0.0387. The quantitative estimate of drug-likeness (QED) is 0.635. The summed E-state index contributed by atoms with van der Waals surface area (Å²) in [6.07, 6.45) is 2.74. The molecule has 1 aliphatic rings. The number of nitrogens with one attached hydrogen (secondary N) is 1. The van der Waals surface area contributed by atoms with Gasteiger partial charge < -0.3 is 0 Å². The van der Waals surface area contributed by atoms with Gasteiger partial charge in [0, 0.05) is 29.1 Å². The molecular formula is C19H20N4O3S3. The number of nitrogens with zero attached hydrogens (tertiary/aromatic N) is 3.